The lowest BCUT2D eigenvalue weighted by Gasteiger charge is -2.05. The number of aromatic nitrogens is 1. The molecule has 0 aliphatic carbocycles. The van der Waals surface area contributed by atoms with Crippen LogP contribution in [0, 0.1) is 0 Å². The van der Waals surface area contributed by atoms with Gasteiger partial charge < -0.3 is 14.0 Å². The maximum atomic E-state index is 12.6. The topological polar surface area (TPSA) is 69.9 Å². The average Bonchev–Trinajstić information content (AvgIpc) is 2.99. The van der Waals surface area contributed by atoms with Crippen molar-refractivity contribution < 1.29 is 19.1 Å². The smallest absolute Gasteiger partial charge is 0.325 e. The van der Waals surface area contributed by atoms with Gasteiger partial charge in [0.2, 0.25) is 0 Å². The predicted octanol–water partition coefficient (Wildman–Crippen LogP) is 3.28. The van der Waals surface area contributed by atoms with E-state index >= 15 is 0 Å². The molecule has 3 aromatic rings. The van der Waals surface area contributed by atoms with Crippen molar-refractivity contribution in [3.63, 3.8) is 0 Å². The van der Waals surface area contributed by atoms with Gasteiger partial charge in [0, 0.05) is 5.56 Å². The molecule has 26 heavy (non-hydrogen) atoms. The van der Waals surface area contributed by atoms with Gasteiger partial charge in [0.15, 0.2) is 4.80 Å². The lowest BCUT2D eigenvalue weighted by molar-refractivity contribution is -0.141. The van der Waals surface area contributed by atoms with Crippen molar-refractivity contribution in [1.82, 2.24) is 4.57 Å². The predicted molar refractivity (Wildman–Crippen MR) is 99.7 cm³/mol. The molecular formula is C18H15ClN2O4S. The number of methoxy groups -OCH3 is 2. The number of rotatable bonds is 4. The maximum absolute atomic E-state index is 12.6. The van der Waals surface area contributed by atoms with E-state index in [4.69, 9.17) is 21.1 Å². The van der Waals surface area contributed by atoms with E-state index < -0.39 is 11.9 Å². The summed E-state index contributed by atoms with van der Waals surface area (Å²) in [6.07, 6.45) is 0. The van der Waals surface area contributed by atoms with Crippen molar-refractivity contribution in [2.75, 3.05) is 14.2 Å². The average molecular weight is 391 g/mol. The van der Waals surface area contributed by atoms with Crippen molar-refractivity contribution in [2.24, 2.45) is 4.99 Å². The number of nitrogens with zero attached hydrogens (tertiary/aromatic N) is 2. The second-order valence-corrected chi connectivity index (χ2v) is 6.70. The Hall–Kier alpha value is -2.64. The van der Waals surface area contributed by atoms with Crippen LogP contribution in [-0.2, 0) is 16.1 Å². The number of carbonyl (C=O) groups excluding carboxylic acids is 2. The van der Waals surface area contributed by atoms with Gasteiger partial charge in [-0.3, -0.25) is 9.59 Å². The molecule has 0 N–H and O–H groups in total. The number of para-hydroxylation sites is 1. The lowest BCUT2D eigenvalue weighted by Crippen LogP contribution is -2.22. The quantitative estimate of drug-likeness (QED) is 0.641. The Morgan fingerprint density at radius 2 is 1.96 bits per heavy atom. The van der Waals surface area contributed by atoms with Gasteiger partial charge in [0.05, 0.1) is 29.5 Å². The zero-order chi connectivity index (χ0) is 18.7. The number of esters is 1. The number of halogens is 1. The summed E-state index contributed by atoms with van der Waals surface area (Å²) in [6, 6.07) is 12.1. The van der Waals surface area contributed by atoms with Crippen molar-refractivity contribution in [3.05, 3.63) is 57.9 Å². The number of hydrogen-bond donors (Lipinski definition) is 0. The molecule has 3 rings (SSSR count). The highest BCUT2D eigenvalue weighted by molar-refractivity contribution is 7.16. The Bertz CT molecular complexity index is 1050. The molecule has 0 saturated carbocycles. The third kappa shape index (κ3) is 3.63. The molecule has 0 spiro atoms. The Morgan fingerprint density at radius 1 is 1.19 bits per heavy atom. The molecule has 1 heterocycles. The van der Waals surface area contributed by atoms with Crippen LogP contribution >= 0.6 is 22.9 Å². The second kappa shape index (κ2) is 7.72. The summed E-state index contributed by atoms with van der Waals surface area (Å²) in [5, 5.41) is 0.470. The van der Waals surface area contributed by atoms with Crippen LogP contribution in [0.5, 0.6) is 5.75 Å². The molecule has 0 radical (unpaired) electrons. The van der Waals surface area contributed by atoms with E-state index in [2.05, 4.69) is 4.99 Å². The first-order chi connectivity index (χ1) is 12.5. The summed E-state index contributed by atoms with van der Waals surface area (Å²) < 4.78 is 12.3. The standard InChI is InChI=1S/C18H15ClN2O4S/c1-24-12-6-3-5-11(9-12)17(23)20-18-21(10-15(22)25-2)16-13(19)7-4-8-14(16)26-18/h3-9H,10H2,1-2H3. The Kier molecular flexibility index (Phi) is 5.39. The van der Waals surface area contributed by atoms with Gasteiger partial charge >= 0.3 is 5.97 Å². The van der Waals surface area contributed by atoms with Gasteiger partial charge in [0.25, 0.3) is 5.91 Å². The maximum Gasteiger partial charge on any atom is 0.325 e. The molecule has 6 nitrogen and oxygen atoms in total. The summed E-state index contributed by atoms with van der Waals surface area (Å²) in [5.41, 5.74) is 1.03. The van der Waals surface area contributed by atoms with E-state index in [0.717, 1.165) is 4.70 Å². The summed E-state index contributed by atoms with van der Waals surface area (Å²) in [7, 11) is 2.83. The van der Waals surface area contributed by atoms with E-state index in [0.29, 0.717) is 26.7 Å². The van der Waals surface area contributed by atoms with Gasteiger partial charge in [-0.15, -0.1) is 0 Å². The Morgan fingerprint density at radius 3 is 2.69 bits per heavy atom. The number of thiazole rings is 1. The number of benzene rings is 2. The van der Waals surface area contributed by atoms with Crippen LogP contribution in [0.25, 0.3) is 10.2 Å². The minimum Gasteiger partial charge on any atom is -0.497 e. The highest BCUT2D eigenvalue weighted by Gasteiger charge is 2.14. The van der Waals surface area contributed by atoms with Crippen LogP contribution in [0.1, 0.15) is 10.4 Å². The molecule has 0 unspecified atom stereocenters. The highest BCUT2D eigenvalue weighted by atomic mass is 35.5. The largest absolute Gasteiger partial charge is 0.497 e. The molecule has 8 heteroatoms. The molecule has 1 amide bonds. The van der Waals surface area contributed by atoms with Crippen LogP contribution in [0.4, 0.5) is 0 Å². The Balaban J connectivity index is 2.15. The monoisotopic (exact) mass is 390 g/mol. The summed E-state index contributed by atoms with van der Waals surface area (Å²) in [5.74, 6) is -0.335. The van der Waals surface area contributed by atoms with Gasteiger partial charge in [-0.2, -0.15) is 4.99 Å². The van der Waals surface area contributed by atoms with E-state index in [1.54, 1.807) is 41.0 Å². The van der Waals surface area contributed by atoms with Crippen LogP contribution < -0.4 is 9.54 Å². The summed E-state index contributed by atoms with van der Waals surface area (Å²) in [6.45, 7) is -0.0928. The highest BCUT2D eigenvalue weighted by Crippen LogP contribution is 2.25. The molecule has 0 fully saturated rings. The lowest BCUT2D eigenvalue weighted by atomic mass is 10.2. The van der Waals surface area contributed by atoms with Crippen LogP contribution in [0.2, 0.25) is 5.02 Å². The van der Waals surface area contributed by atoms with Crippen molar-refractivity contribution >= 4 is 45.0 Å². The number of hydrogen-bond acceptors (Lipinski definition) is 5. The van der Waals surface area contributed by atoms with Gasteiger partial charge in [-0.05, 0) is 30.3 Å². The molecule has 0 aliphatic rings. The fourth-order valence-electron chi connectivity index (χ4n) is 2.42. The number of amides is 1. The minimum atomic E-state index is -0.458. The molecule has 0 aliphatic heterocycles. The molecule has 134 valence electrons. The third-order valence-electron chi connectivity index (χ3n) is 3.68. The fraction of sp³-hybridized carbons (Fsp3) is 0.167. The summed E-state index contributed by atoms with van der Waals surface area (Å²) in [4.78, 5) is 28.9. The molecule has 0 bridgehead atoms. The number of fused-ring (bicyclic) bond motifs is 1. The van der Waals surface area contributed by atoms with Crippen molar-refractivity contribution in [3.8, 4) is 5.75 Å². The molecule has 0 atom stereocenters. The van der Waals surface area contributed by atoms with Gasteiger partial charge in [-0.25, -0.2) is 0 Å². The van der Waals surface area contributed by atoms with E-state index in [-0.39, 0.29) is 6.54 Å². The zero-order valence-corrected chi connectivity index (χ0v) is 15.6. The number of carbonyl (C=O) groups is 2. The minimum absolute atomic E-state index is 0.0928. The van der Waals surface area contributed by atoms with Crippen LogP contribution in [0.3, 0.4) is 0 Å². The van der Waals surface area contributed by atoms with Crippen molar-refractivity contribution in [2.45, 2.75) is 6.54 Å². The first kappa shape index (κ1) is 18.2. The SMILES string of the molecule is COC(=O)Cn1c(=NC(=O)c2cccc(OC)c2)sc2cccc(Cl)c21. The first-order valence-corrected chi connectivity index (χ1v) is 8.80. The van der Waals surface area contributed by atoms with Crippen LogP contribution in [-0.4, -0.2) is 30.7 Å². The van der Waals surface area contributed by atoms with Gasteiger partial charge in [0.1, 0.15) is 12.3 Å². The van der Waals surface area contributed by atoms with Crippen LogP contribution in [0.15, 0.2) is 47.5 Å². The fourth-order valence-corrected chi connectivity index (χ4v) is 3.81. The third-order valence-corrected chi connectivity index (χ3v) is 5.03. The normalized spacial score (nSPS) is 11.6. The van der Waals surface area contributed by atoms with Gasteiger partial charge in [-0.1, -0.05) is 35.1 Å². The van der Waals surface area contributed by atoms with Crippen molar-refractivity contribution in [1.29, 1.82) is 0 Å². The number of ether oxygens (including phenoxy) is 2. The van der Waals surface area contributed by atoms with E-state index in [1.807, 2.05) is 6.07 Å². The zero-order valence-electron chi connectivity index (χ0n) is 14.1. The molecule has 1 aromatic heterocycles. The molecule has 0 saturated heterocycles. The van der Waals surface area contributed by atoms with E-state index in [1.165, 1.54) is 25.6 Å². The molecular weight excluding hydrogens is 376 g/mol. The second-order valence-electron chi connectivity index (χ2n) is 5.28. The summed E-state index contributed by atoms with van der Waals surface area (Å²) >= 11 is 7.56. The Labute approximate surface area is 158 Å². The molecule has 2 aromatic carbocycles. The van der Waals surface area contributed by atoms with E-state index in [9.17, 15) is 9.59 Å². The first-order valence-electron chi connectivity index (χ1n) is 7.61.